The highest BCUT2D eigenvalue weighted by Crippen LogP contribution is 2.30. The molecule has 5 nitrogen and oxygen atoms in total. The van der Waals surface area contributed by atoms with Crippen LogP contribution in [0.3, 0.4) is 0 Å². The number of carboxylic acid groups (broad SMARTS) is 1. The van der Waals surface area contributed by atoms with Gasteiger partial charge in [-0.05, 0) is 6.07 Å². The molecular weight excluding hydrogens is 216 g/mol. The summed E-state index contributed by atoms with van der Waals surface area (Å²) in [6.45, 7) is 1.32. The van der Waals surface area contributed by atoms with Crippen molar-refractivity contribution in [3.8, 4) is 0 Å². The van der Waals surface area contributed by atoms with Crippen LogP contribution in [0.4, 0.5) is 5.82 Å². The van der Waals surface area contributed by atoms with E-state index in [0.717, 1.165) is 0 Å². The second kappa shape index (κ2) is 4.08. The number of aromatic carboxylic acids is 1. The van der Waals surface area contributed by atoms with Crippen molar-refractivity contribution < 1.29 is 14.6 Å². The summed E-state index contributed by atoms with van der Waals surface area (Å²) in [6, 6.07) is 1.38. The Kier molecular flexibility index (Phi) is 2.79. The Morgan fingerprint density at radius 1 is 1.67 bits per heavy atom. The molecule has 80 valence electrons. The molecule has 0 bridgehead atoms. The Bertz CT molecular complexity index is 393. The van der Waals surface area contributed by atoms with E-state index in [1.165, 1.54) is 24.0 Å². The van der Waals surface area contributed by atoms with Crippen LogP contribution in [0.1, 0.15) is 10.4 Å². The van der Waals surface area contributed by atoms with E-state index in [9.17, 15) is 4.79 Å². The molecule has 2 heterocycles. The lowest BCUT2D eigenvalue weighted by Gasteiger charge is -2.25. The van der Waals surface area contributed by atoms with Gasteiger partial charge in [0.15, 0.2) is 0 Å². The lowest BCUT2D eigenvalue weighted by molar-refractivity contribution is 0.0454. The molecule has 3 N–H and O–H groups in total. The number of thioether (sulfide) groups is 1. The normalized spacial score (nSPS) is 16.0. The van der Waals surface area contributed by atoms with Crippen LogP contribution < -0.4 is 5.73 Å². The van der Waals surface area contributed by atoms with Gasteiger partial charge in [-0.2, -0.15) is 0 Å². The Balaban J connectivity index is 2.23. The number of pyridine rings is 1. The van der Waals surface area contributed by atoms with Crippen molar-refractivity contribution in [3.63, 3.8) is 0 Å². The Labute approximate surface area is 90.6 Å². The van der Waals surface area contributed by atoms with E-state index in [1.807, 2.05) is 0 Å². The Hall–Kier alpha value is -1.27. The number of nitrogen functional groups attached to an aromatic ring is 1. The SMILES string of the molecule is Nc1cc(C(=O)O)c(SC2COC2)cn1. The maximum Gasteiger partial charge on any atom is 0.337 e. The molecular formula is C9H10N2O3S. The van der Waals surface area contributed by atoms with Crippen molar-refractivity contribution in [2.24, 2.45) is 0 Å². The van der Waals surface area contributed by atoms with Crippen molar-refractivity contribution in [3.05, 3.63) is 17.8 Å². The first kappa shape index (κ1) is 10.3. The molecule has 1 aliphatic heterocycles. The van der Waals surface area contributed by atoms with Gasteiger partial charge in [0.1, 0.15) is 5.82 Å². The van der Waals surface area contributed by atoms with Crippen LogP contribution in [0.5, 0.6) is 0 Å². The third kappa shape index (κ3) is 2.21. The molecule has 0 aliphatic carbocycles. The van der Waals surface area contributed by atoms with Crippen LogP contribution in [0, 0.1) is 0 Å². The molecule has 1 saturated heterocycles. The Morgan fingerprint density at radius 2 is 2.40 bits per heavy atom. The van der Waals surface area contributed by atoms with Crippen LogP contribution in [0.25, 0.3) is 0 Å². The quantitative estimate of drug-likeness (QED) is 0.794. The second-order valence-electron chi connectivity index (χ2n) is 3.19. The monoisotopic (exact) mass is 226 g/mol. The number of nitrogens with zero attached hydrogens (tertiary/aromatic N) is 1. The molecule has 1 fully saturated rings. The highest BCUT2D eigenvalue weighted by atomic mass is 32.2. The van der Waals surface area contributed by atoms with Crippen LogP contribution >= 0.6 is 11.8 Å². The zero-order valence-corrected chi connectivity index (χ0v) is 8.66. The molecule has 6 heteroatoms. The topological polar surface area (TPSA) is 85.4 Å². The molecule has 0 atom stereocenters. The summed E-state index contributed by atoms with van der Waals surface area (Å²) in [5.74, 6) is -0.756. The van der Waals surface area contributed by atoms with E-state index >= 15 is 0 Å². The van der Waals surface area contributed by atoms with Crippen molar-refractivity contribution in [1.29, 1.82) is 0 Å². The van der Waals surface area contributed by atoms with E-state index < -0.39 is 5.97 Å². The zero-order chi connectivity index (χ0) is 10.8. The lowest BCUT2D eigenvalue weighted by Crippen LogP contribution is -2.30. The van der Waals surface area contributed by atoms with Gasteiger partial charge in [0, 0.05) is 11.1 Å². The summed E-state index contributed by atoms with van der Waals surface area (Å²) in [5, 5.41) is 9.29. The minimum absolute atomic E-state index is 0.208. The first-order valence-electron chi connectivity index (χ1n) is 4.40. The average Bonchev–Trinajstić information content (AvgIpc) is 2.12. The fraction of sp³-hybridized carbons (Fsp3) is 0.333. The fourth-order valence-corrected chi connectivity index (χ4v) is 2.26. The van der Waals surface area contributed by atoms with Crippen LogP contribution in [-0.2, 0) is 4.74 Å². The summed E-state index contributed by atoms with van der Waals surface area (Å²) in [7, 11) is 0. The number of hydrogen-bond donors (Lipinski definition) is 2. The summed E-state index contributed by atoms with van der Waals surface area (Å²) >= 11 is 1.47. The number of nitrogens with two attached hydrogens (primary N) is 1. The minimum atomic E-state index is -0.980. The maximum atomic E-state index is 10.9. The summed E-state index contributed by atoms with van der Waals surface area (Å²) in [6.07, 6.45) is 1.50. The largest absolute Gasteiger partial charge is 0.478 e. The molecule has 0 aromatic carbocycles. The van der Waals surface area contributed by atoms with Gasteiger partial charge in [-0.15, -0.1) is 11.8 Å². The lowest BCUT2D eigenvalue weighted by atomic mass is 10.2. The number of hydrogen-bond acceptors (Lipinski definition) is 5. The molecule has 15 heavy (non-hydrogen) atoms. The van der Waals surface area contributed by atoms with Crippen molar-refractivity contribution in [1.82, 2.24) is 4.98 Å². The highest BCUT2D eigenvalue weighted by Gasteiger charge is 2.22. The third-order valence-corrected chi connectivity index (χ3v) is 3.20. The van der Waals surface area contributed by atoms with Gasteiger partial charge in [0.25, 0.3) is 0 Å². The van der Waals surface area contributed by atoms with E-state index in [4.69, 9.17) is 15.6 Å². The number of carboxylic acids is 1. The van der Waals surface area contributed by atoms with Crippen LogP contribution in [0.15, 0.2) is 17.2 Å². The number of rotatable bonds is 3. The maximum absolute atomic E-state index is 10.9. The first-order valence-corrected chi connectivity index (χ1v) is 5.28. The van der Waals surface area contributed by atoms with Gasteiger partial charge < -0.3 is 15.6 Å². The van der Waals surface area contributed by atoms with Crippen LogP contribution in [0.2, 0.25) is 0 Å². The van der Waals surface area contributed by atoms with E-state index in [0.29, 0.717) is 23.4 Å². The number of anilines is 1. The van der Waals surface area contributed by atoms with Gasteiger partial charge in [-0.25, -0.2) is 9.78 Å². The summed E-state index contributed by atoms with van der Waals surface area (Å²) < 4.78 is 5.02. The minimum Gasteiger partial charge on any atom is -0.478 e. The molecule has 0 saturated carbocycles. The molecule has 0 unspecified atom stereocenters. The smallest absolute Gasteiger partial charge is 0.337 e. The van der Waals surface area contributed by atoms with Crippen molar-refractivity contribution in [2.75, 3.05) is 18.9 Å². The fourth-order valence-electron chi connectivity index (χ4n) is 1.18. The number of ether oxygens (including phenoxy) is 1. The number of aromatic nitrogens is 1. The van der Waals surface area contributed by atoms with Crippen molar-refractivity contribution >= 4 is 23.5 Å². The van der Waals surface area contributed by atoms with Gasteiger partial charge >= 0.3 is 5.97 Å². The predicted molar refractivity (Wildman–Crippen MR) is 56.1 cm³/mol. The molecule has 2 rings (SSSR count). The van der Waals surface area contributed by atoms with E-state index in [1.54, 1.807) is 0 Å². The van der Waals surface area contributed by atoms with E-state index in [-0.39, 0.29) is 11.4 Å². The average molecular weight is 226 g/mol. The second-order valence-corrected chi connectivity index (χ2v) is 4.53. The first-order chi connectivity index (χ1) is 7.16. The number of carbonyl (C=O) groups is 1. The van der Waals surface area contributed by atoms with Gasteiger partial charge in [-0.3, -0.25) is 0 Å². The molecule has 0 amide bonds. The molecule has 1 aromatic rings. The predicted octanol–water partition coefficient (Wildman–Crippen LogP) is 0.853. The molecule has 0 spiro atoms. The molecule has 1 aromatic heterocycles. The van der Waals surface area contributed by atoms with Gasteiger partial charge in [0.2, 0.25) is 0 Å². The van der Waals surface area contributed by atoms with Gasteiger partial charge in [0.05, 0.1) is 24.0 Å². The summed E-state index contributed by atoms with van der Waals surface area (Å²) in [5.41, 5.74) is 5.64. The zero-order valence-electron chi connectivity index (χ0n) is 7.84. The molecule has 1 aliphatic rings. The third-order valence-electron chi connectivity index (χ3n) is 2.02. The van der Waals surface area contributed by atoms with Crippen LogP contribution in [-0.4, -0.2) is 34.5 Å². The highest BCUT2D eigenvalue weighted by molar-refractivity contribution is 8.00. The molecule has 0 radical (unpaired) electrons. The Morgan fingerprint density at radius 3 is 2.93 bits per heavy atom. The van der Waals surface area contributed by atoms with Crippen molar-refractivity contribution in [2.45, 2.75) is 10.1 Å². The standard InChI is InChI=1S/C9H10N2O3S/c10-8-1-6(9(12)13)7(2-11-8)15-5-3-14-4-5/h1-2,5H,3-4H2,(H2,10,11)(H,12,13). The van der Waals surface area contributed by atoms with E-state index in [2.05, 4.69) is 4.98 Å². The summed E-state index contributed by atoms with van der Waals surface area (Å²) in [4.78, 5) is 15.5. The van der Waals surface area contributed by atoms with Gasteiger partial charge in [-0.1, -0.05) is 0 Å².